The van der Waals surface area contributed by atoms with Crippen molar-refractivity contribution < 1.29 is 26.7 Å². The summed E-state index contributed by atoms with van der Waals surface area (Å²) in [7, 11) is 0. The highest BCUT2D eigenvalue weighted by atomic mass is 35.5. The lowest BCUT2D eigenvalue weighted by molar-refractivity contribution is -0.137. The van der Waals surface area contributed by atoms with Crippen LogP contribution < -0.4 is 4.74 Å². The second-order valence-corrected chi connectivity index (χ2v) is 6.41. The second-order valence-electron chi connectivity index (χ2n) is 5.06. The fourth-order valence-corrected chi connectivity index (χ4v) is 3.21. The van der Waals surface area contributed by atoms with Crippen molar-refractivity contribution in [1.82, 2.24) is 14.6 Å². The Morgan fingerprint density at radius 3 is 2.46 bits per heavy atom. The van der Waals surface area contributed by atoms with E-state index in [-0.39, 0.29) is 21.6 Å². The molecule has 3 rings (SSSR count). The first-order chi connectivity index (χ1) is 12.2. The molecule has 0 N–H and O–H groups in total. The van der Waals surface area contributed by atoms with E-state index in [0.717, 1.165) is 29.6 Å². The van der Waals surface area contributed by atoms with Crippen LogP contribution in [0.1, 0.15) is 11.1 Å². The highest BCUT2D eigenvalue weighted by Crippen LogP contribution is 2.33. The third-order valence-corrected chi connectivity index (χ3v) is 4.56. The van der Waals surface area contributed by atoms with Crippen LogP contribution in [-0.2, 0) is 11.9 Å². The SMILES string of the molecule is FC(F)Oc1ccc(CSc2nnc3c(Cl)cc(C(F)(F)F)cn23)cc1. The van der Waals surface area contributed by atoms with Crippen LogP contribution in [0.5, 0.6) is 5.75 Å². The molecule has 3 aromatic rings. The average molecular weight is 410 g/mol. The predicted octanol–water partition coefficient (Wildman–Crippen LogP) is 5.30. The van der Waals surface area contributed by atoms with Crippen molar-refractivity contribution in [3.05, 3.63) is 52.7 Å². The quantitative estimate of drug-likeness (QED) is 0.424. The van der Waals surface area contributed by atoms with Crippen molar-refractivity contribution in [2.24, 2.45) is 0 Å². The zero-order valence-corrected chi connectivity index (χ0v) is 14.2. The minimum absolute atomic E-state index is 0.0169. The van der Waals surface area contributed by atoms with Crippen molar-refractivity contribution >= 4 is 29.0 Å². The molecule has 0 saturated heterocycles. The van der Waals surface area contributed by atoms with E-state index >= 15 is 0 Å². The van der Waals surface area contributed by atoms with Gasteiger partial charge in [0.25, 0.3) is 0 Å². The zero-order chi connectivity index (χ0) is 18.9. The summed E-state index contributed by atoms with van der Waals surface area (Å²) in [6, 6.07) is 6.69. The van der Waals surface area contributed by atoms with Crippen LogP contribution in [0.4, 0.5) is 22.0 Å². The van der Waals surface area contributed by atoms with Gasteiger partial charge in [0.1, 0.15) is 5.75 Å². The standard InChI is InChI=1S/C15H9ClF5N3OS/c16-11-5-9(15(19,20)21)6-24-12(11)22-23-14(24)26-7-8-1-3-10(4-2-8)25-13(17)18/h1-6,13H,7H2. The Hall–Kier alpha value is -2.07. The maximum absolute atomic E-state index is 12.9. The number of hydrogen-bond acceptors (Lipinski definition) is 4. The zero-order valence-electron chi connectivity index (χ0n) is 12.7. The lowest BCUT2D eigenvalue weighted by Crippen LogP contribution is -2.07. The Morgan fingerprint density at radius 2 is 1.85 bits per heavy atom. The predicted molar refractivity (Wildman–Crippen MR) is 85.6 cm³/mol. The molecule has 4 nitrogen and oxygen atoms in total. The fourth-order valence-electron chi connectivity index (χ4n) is 2.10. The number of aromatic nitrogens is 3. The van der Waals surface area contributed by atoms with Gasteiger partial charge in [0, 0.05) is 11.9 Å². The minimum Gasteiger partial charge on any atom is -0.435 e. The average Bonchev–Trinajstić information content (AvgIpc) is 2.96. The van der Waals surface area contributed by atoms with Gasteiger partial charge < -0.3 is 4.74 Å². The monoisotopic (exact) mass is 409 g/mol. The Kier molecular flexibility index (Phi) is 5.24. The molecule has 11 heteroatoms. The number of alkyl halides is 5. The smallest absolute Gasteiger partial charge is 0.417 e. The lowest BCUT2D eigenvalue weighted by Gasteiger charge is -2.09. The Bertz CT molecular complexity index is 914. The molecule has 0 bridgehead atoms. The molecule has 0 fully saturated rings. The number of benzene rings is 1. The summed E-state index contributed by atoms with van der Waals surface area (Å²) >= 11 is 6.98. The van der Waals surface area contributed by atoms with Crippen molar-refractivity contribution in [2.45, 2.75) is 23.7 Å². The highest BCUT2D eigenvalue weighted by Gasteiger charge is 2.32. The van der Waals surface area contributed by atoms with Gasteiger partial charge in [-0.1, -0.05) is 35.5 Å². The van der Waals surface area contributed by atoms with Crippen molar-refractivity contribution in [2.75, 3.05) is 0 Å². The van der Waals surface area contributed by atoms with Gasteiger partial charge in [-0.2, -0.15) is 22.0 Å². The first-order valence-electron chi connectivity index (χ1n) is 7.02. The number of hydrogen-bond donors (Lipinski definition) is 0. The molecular formula is C15H9ClF5N3OS. The topological polar surface area (TPSA) is 39.4 Å². The number of ether oxygens (including phenoxy) is 1. The summed E-state index contributed by atoms with van der Waals surface area (Å²) in [5.41, 5.74) is -0.0561. The normalized spacial score (nSPS) is 12.1. The van der Waals surface area contributed by atoms with Gasteiger partial charge in [-0.25, -0.2) is 0 Å². The summed E-state index contributed by atoms with van der Waals surface area (Å²) in [6.45, 7) is -2.91. The van der Waals surface area contributed by atoms with E-state index in [1.165, 1.54) is 16.5 Å². The lowest BCUT2D eigenvalue weighted by atomic mass is 10.2. The number of nitrogens with zero attached hydrogens (tertiary/aromatic N) is 3. The molecule has 138 valence electrons. The summed E-state index contributed by atoms with van der Waals surface area (Å²) in [5.74, 6) is 0.354. The van der Waals surface area contributed by atoms with E-state index < -0.39 is 18.4 Å². The van der Waals surface area contributed by atoms with Gasteiger partial charge in [-0.3, -0.25) is 4.40 Å². The number of halogens is 6. The highest BCUT2D eigenvalue weighted by molar-refractivity contribution is 7.98. The molecule has 0 atom stereocenters. The van der Waals surface area contributed by atoms with Crippen LogP contribution >= 0.6 is 23.4 Å². The van der Waals surface area contributed by atoms with Crippen LogP contribution in [0, 0.1) is 0 Å². The van der Waals surface area contributed by atoms with Gasteiger partial charge in [-0.15, -0.1) is 10.2 Å². The summed E-state index contributed by atoms with van der Waals surface area (Å²) in [6.07, 6.45) is -3.67. The molecule has 0 aliphatic carbocycles. The number of pyridine rings is 1. The molecule has 0 amide bonds. The molecule has 0 saturated carbocycles. The number of rotatable bonds is 5. The van der Waals surface area contributed by atoms with Crippen LogP contribution in [0.2, 0.25) is 5.02 Å². The summed E-state index contributed by atoms with van der Waals surface area (Å²) in [4.78, 5) is 0. The number of fused-ring (bicyclic) bond motifs is 1. The molecule has 0 radical (unpaired) electrons. The molecule has 0 aliphatic rings. The van der Waals surface area contributed by atoms with Crippen molar-refractivity contribution in [3.63, 3.8) is 0 Å². The van der Waals surface area contributed by atoms with Crippen LogP contribution in [0.15, 0.2) is 41.7 Å². The first-order valence-corrected chi connectivity index (χ1v) is 8.38. The molecule has 0 unspecified atom stereocenters. The van der Waals surface area contributed by atoms with Crippen LogP contribution in [-0.4, -0.2) is 21.2 Å². The van der Waals surface area contributed by atoms with E-state index in [9.17, 15) is 22.0 Å². The van der Waals surface area contributed by atoms with Crippen LogP contribution in [0.25, 0.3) is 5.65 Å². The molecule has 26 heavy (non-hydrogen) atoms. The summed E-state index contributed by atoms with van der Waals surface area (Å²) in [5, 5.41) is 7.71. The van der Waals surface area contributed by atoms with Gasteiger partial charge in [-0.05, 0) is 23.8 Å². The van der Waals surface area contributed by atoms with E-state index in [2.05, 4.69) is 14.9 Å². The van der Waals surface area contributed by atoms with E-state index in [1.807, 2.05) is 0 Å². The maximum Gasteiger partial charge on any atom is 0.417 e. The van der Waals surface area contributed by atoms with E-state index in [1.54, 1.807) is 12.1 Å². The van der Waals surface area contributed by atoms with Gasteiger partial charge in [0.05, 0.1) is 10.6 Å². The third kappa shape index (κ3) is 4.18. The molecular weight excluding hydrogens is 401 g/mol. The fraction of sp³-hybridized carbons (Fsp3) is 0.200. The molecule has 0 spiro atoms. The molecule has 2 aromatic heterocycles. The molecule has 2 heterocycles. The Balaban J connectivity index is 1.80. The maximum atomic E-state index is 12.9. The Morgan fingerprint density at radius 1 is 1.15 bits per heavy atom. The van der Waals surface area contributed by atoms with E-state index in [0.29, 0.717) is 5.75 Å². The molecule has 1 aromatic carbocycles. The van der Waals surface area contributed by atoms with Crippen molar-refractivity contribution in [1.29, 1.82) is 0 Å². The van der Waals surface area contributed by atoms with Crippen molar-refractivity contribution in [3.8, 4) is 5.75 Å². The van der Waals surface area contributed by atoms with E-state index in [4.69, 9.17) is 11.6 Å². The number of thioether (sulfide) groups is 1. The van der Waals surface area contributed by atoms with Gasteiger partial charge in [0.15, 0.2) is 10.8 Å². The van der Waals surface area contributed by atoms with Gasteiger partial charge in [0.2, 0.25) is 0 Å². The third-order valence-electron chi connectivity index (χ3n) is 3.27. The minimum atomic E-state index is -4.55. The first kappa shape index (κ1) is 18.7. The largest absolute Gasteiger partial charge is 0.435 e. The van der Waals surface area contributed by atoms with Crippen LogP contribution in [0.3, 0.4) is 0 Å². The summed E-state index contributed by atoms with van der Waals surface area (Å²) < 4.78 is 68.4. The van der Waals surface area contributed by atoms with Gasteiger partial charge >= 0.3 is 12.8 Å². The molecule has 0 aliphatic heterocycles. The Labute approximate surface area is 152 Å². The second kappa shape index (κ2) is 7.28.